The Labute approximate surface area is 228 Å². The second-order valence-electron chi connectivity index (χ2n) is 8.62. The van der Waals surface area contributed by atoms with E-state index in [0.29, 0.717) is 11.5 Å². The molecule has 4 aromatic carbocycles. The average molecular weight is 660 g/mol. The average Bonchev–Trinajstić information content (AvgIpc) is 3.44. The molecule has 5 nitrogen and oxygen atoms in total. The fourth-order valence-electron chi connectivity index (χ4n) is 4.81. The number of benzene rings is 4. The van der Waals surface area contributed by atoms with E-state index < -0.39 is 0 Å². The van der Waals surface area contributed by atoms with Gasteiger partial charge in [0, 0.05) is 35.3 Å². The standard InChI is InChI=1S/C31H20N4O.Pt/c1-33-21-34(30-14-5-4-13-29(30)33)22-9-8-10-23(19-22)36-24-16-17-28-26(20-24)25-11-2-3-12-27(25)35(28)31-15-6-7-18-32-31;/h2-15,17-18,20H,1H3;/q;+2. The van der Waals surface area contributed by atoms with E-state index >= 15 is 0 Å². The van der Waals surface area contributed by atoms with Crippen molar-refractivity contribution in [3.8, 4) is 17.3 Å². The first kappa shape index (κ1) is 23.1. The molecule has 0 atom stereocenters. The first-order valence-electron chi connectivity index (χ1n) is 11.7. The van der Waals surface area contributed by atoms with Gasteiger partial charge >= 0.3 is 27.1 Å². The van der Waals surface area contributed by atoms with Gasteiger partial charge in [0.25, 0.3) is 11.4 Å². The van der Waals surface area contributed by atoms with Crippen LogP contribution >= 0.6 is 0 Å². The van der Waals surface area contributed by atoms with Gasteiger partial charge in [0.1, 0.15) is 11.5 Å². The number of hydrogen-bond donors (Lipinski definition) is 0. The van der Waals surface area contributed by atoms with Crippen molar-refractivity contribution in [2.75, 3.05) is 7.05 Å². The Hall–Kier alpha value is -4.30. The zero-order chi connectivity index (χ0) is 24.1. The summed E-state index contributed by atoms with van der Waals surface area (Å²) in [7, 11) is 1.99. The van der Waals surface area contributed by atoms with Gasteiger partial charge in [0.05, 0.1) is 0 Å². The molecular formula is C31H20N4OPt+2. The van der Waals surface area contributed by atoms with Gasteiger partial charge in [0.15, 0.2) is 7.05 Å². The maximum absolute atomic E-state index is 6.26. The molecule has 2 aromatic heterocycles. The molecule has 0 amide bonds. The molecule has 0 spiro atoms. The van der Waals surface area contributed by atoms with Gasteiger partial charge in [-0.05, 0) is 23.6 Å². The van der Waals surface area contributed by atoms with Crippen LogP contribution in [0, 0.1) is 12.1 Å². The molecule has 178 valence electrons. The summed E-state index contributed by atoms with van der Waals surface area (Å²) in [6.07, 6.45) is 1.81. The van der Waals surface area contributed by atoms with E-state index in [1.807, 2.05) is 89.1 Å². The molecular weight excluding hydrogens is 639 g/mol. The fourth-order valence-corrected chi connectivity index (χ4v) is 4.81. The Morgan fingerprint density at radius 1 is 0.811 bits per heavy atom. The van der Waals surface area contributed by atoms with E-state index in [9.17, 15) is 0 Å². The first-order chi connectivity index (χ1) is 17.8. The van der Waals surface area contributed by atoms with Crippen molar-refractivity contribution in [3.63, 3.8) is 0 Å². The minimum atomic E-state index is 0. The molecule has 0 saturated heterocycles. The summed E-state index contributed by atoms with van der Waals surface area (Å²) in [6, 6.07) is 42.4. The van der Waals surface area contributed by atoms with E-state index in [0.717, 1.165) is 44.7 Å². The Bertz CT molecular complexity index is 1870. The Balaban J connectivity index is 0.00000252. The normalized spacial score (nSPS) is 12.1. The van der Waals surface area contributed by atoms with E-state index in [1.165, 1.54) is 0 Å². The fraction of sp³-hybridized carbons (Fsp3) is 0.0323. The number of para-hydroxylation sites is 3. The van der Waals surface area contributed by atoms with Crippen molar-refractivity contribution in [3.05, 3.63) is 115 Å². The van der Waals surface area contributed by atoms with E-state index in [1.54, 1.807) is 0 Å². The monoisotopic (exact) mass is 659 g/mol. The molecule has 7 rings (SSSR count). The number of pyridine rings is 1. The second-order valence-corrected chi connectivity index (χ2v) is 8.62. The van der Waals surface area contributed by atoms with Gasteiger partial charge in [-0.25, -0.2) is 4.98 Å². The van der Waals surface area contributed by atoms with Crippen LogP contribution in [-0.2, 0) is 21.1 Å². The molecule has 0 unspecified atom stereocenters. The van der Waals surface area contributed by atoms with Crippen LogP contribution in [0.1, 0.15) is 0 Å². The van der Waals surface area contributed by atoms with Crippen LogP contribution in [0.5, 0.6) is 11.5 Å². The minimum absolute atomic E-state index is 0. The molecule has 1 aliphatic heterocycles. The van der Waals surface area contributed by atoms with E-state index in [2.05, 4.69) is 58.0 Å². The van der Waals surface area contributed by atoms with Gasteiger partial charge in [-0.3, -0.25) is 0 Å². The summed E-state index contributed by atoms with van der Waals surface area (Å²) in [6.45, 7) is 0. The molecule has 0 fully saturated rings. The van der Waals surface area contributed by atoms with Crippen molar-refractivity contribution in [2.45, 2.75) is 0 Å². The Kier molecular flexibility index (Phi) is 5.81. The van der Waals surface area contributed by atoms with Gasteiger partial charge in [-0.2, -0.15) is 6.07 Å². The Morgan fingerprint density at radius 3 is 2.49 bits per heavy atom. The molecule has 6 heteroatoms. The van der Waals surface area contributed by atoms with Crippen molar-refractivity contribution < 1.29 is 30.4 Å². The zero-order valence-corrected chi connectivity index (χ0v) is 22.1. The van der Waals surface area contributed by atoms with Crippen LogP contribution < -0.4 is 9.31 Å². The molecule has 6 aromatic rings. The third kappa shape index (κ3) is 3.90. The predicted octanol–water partition coefficient (Wildman–Crippen LogP) is 6.86. The van der Waals surface area contributed by atoms with Crippen LogP contribution in [-0.4, -0.2) is 27.2 Å². The maximum Gasteiger partial charge on any atom is 2.00 e. The number of hydrogen-bond acceptors (Lipinski definition) is 2. The molecule has 3 heterocycles. The molecule has 0 radical (unpaired) electrons. The molecule has 0 aliphatic carbocycles. The van der Waals surface area contributed by atoms with Crippen molar-refractivity contribution in [1.29, 1.82) is 0 Å². The number of fused-ring (bicyclic) bond motifs is 4. The van der Waals surface area contributed by atoms with Gasteiger partial charge in [0.2, 0.25) is 0 Å². The third-order valence-electron chi connectivity index (χ3n) is 6.40. The van der Waals surface area contributed by atoms with Crippen LogP contribution in [0.15, 0.2) is 103 Å². The summed E-state index contributed by atoms with van der Waals surface area (Å²) in [5, 5.41) is 2.22. The maximum atomic E-state index is 6.26. The summed E-state index contributed by atoms with van der Waals surface area (Å²) in [4.78, 5) is 4.58. The molecule has 0 saturated carbocycles. The predicted molar refractivity (Wildman–Crippen MR) is 142 cm³/mol. The molecule has 0 bridgehead atoms. The topological polar surface area (TPSA) is 33.1 Å². The number of aromatic nitrogens is 2. The van der Waals surface area contributed by atoms with Crippen molar-refractivity contribution in [1.82, 2.24) is 14.1 Å². The summed E-state index contributed by atoms with van der Waals surface area (Å²) < 4.78 is 12.4. The van der Waals surface area contributed by atoms with E-state index in [-0.39, 0.29) is 21.1 Å². The summed E-state index contributed by atoms with van der Waals surface area (Å²) in [5.74, 6) is 2.12. The smallest absolute Gasteiger partial charge is 0.509 e. The largest absolute Gasteiger partial charge is 2.00 e. The first-order valence-corrected chi connectivity index (χ1v) is 11.7. The summed E-state index contributed by atoms with van der Waals surface area (Å²) in [5.41, 5.74) is 5.13. The molecule has 37 heavy (non-hydrogen) atoms. The summed E-state index contributed by atoms with van der Waals surface area (Å²) >= 11 is 0. The van der Waals surface area contributed by atoms with Crippen molar-refractivity contribution in [2.24, 2.45) is 0 Å². The number of rotatable bonds is 4. The van der Waals surface area contributed by atoms with Crippen LogP contribution in [0.4, 0.5) is 17.1 Å². The number of nitrogens with zero attached hydrogens (tertiary/aromatic N) is 4. The van der Waals surface area contributed by atoms with Crippen LogP contribution in [0.2, 0.25) is 0 Å². The van der Waals surface area contributed by atoms with Crippen LogP contribution in [0.25, 0.3) is 27.6 Å². The molecule has 0 N–H and O–H groups in total. The SMILES string of the molecule is C[N+]1=C=[N+](c2[c-]c(Oc3[c-]cc4c(c3)c3ccccc3n4-c3ccccn3)ccc2)c2ccccc21.[Pt+2]. The second kappa shape index (κ2) is 9.29. The quantitative estimate of drug-likeness (QED) is 0.153. The van der Waals surface area contributed by atoms with Crippen molar-refractivity contribution >= 4 is 44.9 Å². The van der Waals surface area contributed by atoms with Gasteiger partial charge in [-0.1, -0.05) is 68.6 Å². The zero-order valence-electron chi connectivity index (χ0n) is 19.8. The van der Waals surface area contributed by atoms with Gasteiger partial charge in [-0.15, -0.1) is 24.3 Å². The third-order valence-corrected chi connectivity index (χ3v) is 6.40. The van der Waals surface area contributed by atoms with E-state index in [4.69, 9.17) is 4.74 Å². The van der Waals surface area contributed by atoms with Crippen LogP contribution in [0.3, 0.4) is 0 Å². The molecule has 1 aliphatic rings. The Morgan fingerprint density at radius 2 is 1.62 bits per heavy atom. The van der Waals surface area contributed by atoms with Gasteiger partial charge < -0.3 is 9.30 Å². The minimum Gasteiger partial charge on any atom is -0.509 e. The number of ether oxygens (including phenoxy) is 1.